The molecule has 2 aromatic rings. The molecule has 0 radical (unpaired) electrons. The molecular formula is C18H23N5O. The first kappa shape index (κ1) is 16.4. The smallest absolute Gasteiger partial charge is 0.274 e. The summed E-state index contributed by atoms with van der Waals surface area (Å²) in [6, 6.07) is 9.75. The Balaban J connectivity index is 1.69. The predicted molar refractivity (Wildman–Crippen MR) is 94.6 cm³/mol. The van der Waals surface area contributed by atoms with Crippen LogP contribution in [0.15, 0.2) is 30.3 Å². The van der Waals surface area contributed by atoms with Gasteiger partial charge < -0.3 is 15.1 Å². The van der Waals surface area contributed by atoms with Gasteiger partial charge >= 0.3 is 0 Å². The standard InChI is InChI=1S/C18H23N5O/c1-13-4-5-14(2)16(12-13)19-17-7-6-15(20-21-17)18(24)23-10-8-22(3)9-11-23/h4-7,12H,8-11H2,1-3H3,(H,19,21). The molecule has 1 aliphatic heterocycles. The lowest BCUT2D eigenvalue weighted by Gasteiger charge is -2.32. The number of nitrogens with zero attached hydrogens (tertiary/aromatic N) is 4. The fourth-order valence-corrected chi connectivity index (χ4v) is 2.69. The molecule has 3 rings (SSSR count). The van der Waals surface area contributed by atoms with E-state index in [0.29, 0.717) is 11.5 Å². The molecule has 0 unspecified atom stereocenters. The summed E-state index contributed by atoms with van der Waals surface area (Å²) < 4.78 is 0. The summed E-state index contributed by atoms with van der Waals surface area (Å²) in [4.78, 5) is 16.5. The number of carbonyl (C=O) groups excluding carboxylic acids is 1. The van der Waals surface area contributed by atoms with Gasteiger partial charge in [-0.25, -0.2) is 0 Å². The van der Waals surface area contributed by atoms with Crippen molar-refractivity contribution < 1.29 is 4.79 Å². The van der Waals surface area contributed by atoms with E-state index in [1.165, 1.54) is 5.56 Å². The second kappa shape index (κ2) is 6.97. The van der Waals surface area contributed by atoms with Crippen LogP contribution in [0, 0.1) is 13.8 Å². The van der Waals surface area contributed by atoms with Crippen LogP contribution < -0.4 is 5.32 Å². The molecule has 126 valence electrons. The third-order valence-electron chi connectivity index (χ3n) is 4.33. The molecule has 1 saturated heterocycles. The highest BCUT2D eigenvalue weighted by molar-refractivity contribution is 5.92. The third-order valence-corrected chi connectivity index (χ3v) is 4.33. The summed E-state index contributed by atoms with van der Waals surface area (Å²) >= 11 is 0. The van der Waals surface area contributed by atoms with E-state index >= 15 is 0 Å². The number of aromatic nitrogens is 2. The van der Waals surface area contributed by atoms with Crippen molar-refractivity contribution >= 4 is 17.4 Å². The van der Waals surface area contributed by atoms with Gasteiger partial charge in [0.1, 0.15) is 0 Å². The van der Waals surface area contributed by atoms with Gasteiger partial charge in [0.05, 0.1) is 0 Å². The highest BCUT2D eigenvalue weighted by atomic mass is 16.2. The SMILES string of the molecule is Cc1ccc(C)c(Nc2ccc(C(=O)N3CCN(C)CC3)nn2)c1. The molecule has 0 saturated carbocycles. The normalized spacial score (nSPS) is 15.4. The molecule has 24 heavy (non-hydrogen) atoms. The Morgan fingerprint density at radius 2 is 1.79 bits per heavy atom. The molecule has 1 aliphatic rings. The van der Waals surface area contributed by atoms with Gasteiger partial charge in [-0.1, -0.05) is 12.1 Å². The number of hydrogen-bond acceptors (Lipinski definition) is 5. The van der Waals surface area contributed by atoms with Gasteiger partial charge in [0.15, 0.2) is 11.5 Å². The first-order valence-electron chi connectivity index (χ1n) is 8.19. The summed E-state index contributed by atoms with van der Waals surface area (Å²) in [6.45, 7) is 7.35. The van der Waals surface area contributed by atoms with Crippen LogP contribution in [0.3, 0.4) is 0 Å². The van der Waals surface area contributed by atoms with E-state index in [-0.39, 0.29) is 5.91 Å². The molecule has 0 bridgehead atoms. The second-order valence-electron chi connectivity index (χ2n) is 6.34. The molecule has 1 aromatic carbocycles. The highest BCUT2D eigenvalue weighted by Crippen LogP contribution is 2.20. The van der Waals surface area contributed by atoms with Crippen LogP contribution in [0.2, 0.25) is 0 Å². The van der Waals surface area contributed by atoms with Crippen LogP contribution in [0.25, 0.3) is 0 Å². The maximum absolute atomic E-state index is 12.5. The molecule has 0 spiro atoms. The van der Waals surface area contributed by atoms with Gasteiger partial charge in [-0.05, 0) is 50.2 Å². The number of carbonyl (C=O) groups is 1. The van der Waals surface area contributed by atoms with Gasteiger partial charge in [-0.2, -0.15) is 0 Å². The molecular weight excluding hydrogens is 302 g/mol. The van der Waals surface area contributed by atoms with Crippen molar-refractivity contribution in [1.82, 2.24) is 20.0 Å². The molecule has 6 heteroatoms. The quantitative estimate of drug-likeness (QED) is 0.937. The molecule has 1 aromatic heterocycles. The first-order valence-corrected chi connectivity index (χ1v) is 8.19. The van der Waals surface area contributed by atoms with E-state index in [0.717, 1.165) is 37.4 Å². The van der Waals surface area contributed by atoms with Crippen molar-refractivity contribution in [2.45, 2.75) is 13.8 Å². The third kappa shape index (κ3) is 3.71. The Hall–Kier alpha value is -2.47. The Bertz CT molecular complexity index is 721. The number of aryl methyl sites for hydroxylation is 2. The van der Waals surface area contributed by atoms with Gasteiger partial charge in [-0.15, -0.1) is 10.2 Å². The number of piperazine rings is 1. The number of amides is 1. The van der Waals surface area contributed by atoms with Crippen molar-refractivity contribution in [3.05, 3.63) is 47.2 Å². The summed E-state index contributed by atoms with van der Waals surface area (Å²) in [6.07, 6.45) is 0. The molecule has 0 atom stereocenters. The number of nitrogens with one attached hydrogen (secondary N) is 1. The number of hydrogen-bond donors (Lipinski definition) is 1. The summed E-state index contributed by atoms with van der Waals surface area (Å²) in [5, 5.41) is 11.5. The lowest BCUT2D eigenvalue weighted by Crippen LogP contribution is -2.47. The molecule has 2 heterocycles. The zero-order chi connectivity index (χ0) is 17.1. The number of benzene rings is 1. The molecule has 1 N–H and O–H groups in total. The highest BCUT2D eigenvalue weighted by Gasteiger charge is 2.21. The van der Waals surface area contributed by atoms with Crippen molar-refractivity contribution in [2.75, 3.05) is 38.5 Å². The fourth-order valence-electron chi connectivity index (χ4n) is 2.69. The van der Waals surface area contributed by atoms with Gasteiger partial charge in [0.25, 0.3) is 5.91 Å². The number of likely N-dealkylation sites (N-methyl/N-ethyl adjacent to an activating group) is 1. The summed E-state index contributed by atoms with van der Waals surface area (Å²) in [5.41, 5.74) is 3.71. The van der Waals surface area contributed by atoms with E-state index < -0.39 is 0 Å². The zero-order valence-corrected chi connectivity index (χ0v) is 14.4. The van der Waals surface area contributed by atoms with Crippen LogP contribution in [-0.2, 0) is 0 Å². The number of rotatable bonds is 3. The largest absolute Gasteiger partial charge is 0.339 e. The van der Waals surface area contributed by atoms with Crippen molar-refractivity contribution in [2.24, 2.45) is 0 Å². The van der Waals surface area contributed by atoms with E-state index in [9.17, 15) is 4.79 Å². The fraction of sp³-hybridized carbons (Fsp3) is 0.389. The predicted octanol–water partition coefficient (Wildman–Crippen LogP) is 2.22. The Kier molecular flexibility index (Phi) is 4.76. The minimum absolute atomic E-state index is 0.0473. The van der Waals surface area contributed by atoms with Gasteiger partial charge in [0.2, 0.25) is 0 Å². The number of anilines is 2. The van der Waals surface area contributed by atoms with Crippen LogP contribution in [0.5, 0.6) is 0 Å². The second-order valence-corrected chi connectivity index (χ2v) is 6.34. The van der Waals surface area contributed by atoms with Crippen LogP contribution >= 0.6 is 0 Å². The van der Waals surface area contributed by atoms with Crippen LogP contribution in [0.1, 0.15) is 21.6 Å². The van der Waals surface area contributed by atoms with Gasteiger partial charge in [0, 0.05) is 31.9 Å². The van der Waals surface area contributed by atoms with Crippen molar-refractivity contribution in [3.63, 3.8) is 0 Å². The minimum atomic E-state index is -0.0473. The Labute approximate surface area is 142 Å². The van der Waals surface area contributed by atoms with Crippen LogP contribution in [0.4, 0.5) is 11.5 Å². The molecule has 1 fully saturated rings. The maximum Gasteiger partial charge on any atom is 0.274 e. The van der Waals surface area contributed by atoms with Crippen molar-refractivity contribution in [3.8, 4) is 0 Å². The molecule has 1 amide bonds. The lowest BCUT2D eigenvalue weighted by molar-refractivity contribution is 0.0657. The summed E-state index contributed by atoms with van der Waals surface area (Å²) in [7, 11) is 2.06. The minimum Gasteiger partial charge on any atom is -0.339 e. The first-order chi connectivity index (χ1) is 11.5. The average Bonchev–Trinajstić information content (AvgIpc) is 2.59. The van der Waals surface area contributed by atoms with E-state index in [4.69, 9.17) is 0 Å². The Morgan fingerprint density at radius 3 is 2.46 bits per heavy atom. The Morgan fingerprint density at radius 1 is 1.04 bits per heavy atom. The van der Waals surface area contributed by atoms with E-state index in [2.05, 4.69) is 45.7 Å². The zero-order valence-electron chi connectivity index (χ0n) is 14.4. The average molecular weight is 325 g/mol. The monoisotopic (exact) mass is 325 g/mol. The van der Waals surface area contributed by atoms with E-state index in [1.807, 2.05) is 18.7 Å². The van der Waals surface area contributed by atoms with E-state index in [1.54, 1.807) is 12.1 Å². The lowest BCUT2D eigenvalue weighted by atomic mass is 10.1. The molecule has 0 aliphatic carbocycles. The molecule has 6 nitrogen and oxygen atoms in total. The maximum atomic E-state index is 12.5. The van der Waals surface area contributed by atoms with Crippen LogP contribution in [-0.4, -0.2) is 59.1 Å². The summed E-state index contributed by atoms with van der Waals surface area (Å²) in [5.74, 6) is 0.590. The van der Waals surface area contributed by atoms with Gasteiger partial charge in [-0.3, -0.25) is 4.79 Å². The van der Waals surface area contributed by atoms with Crippen molar-refractivity contribution in [1.29, 1.82) is 0 Å². The topological polar surface area (TPSA) is 61.4 Å².